The van der Waals surface area contributed by atoms with E-state index in [1.54, 1.807) is 12.1 Å². The van der Waals surface area contributed by atoms with E-state index >= 15 is 0 Å². The van der Waals surface area contributed by atoms with Crippen molar-refractivity contribution in [3.63, 3.8) is 0 Å². The summed E-state index contributed by atoms with van der Waals surface area (Å²) >= 11 is 11.7. The molecule has 2 nitrogen and oxygen atoms in total. The second kappa shape index (κ2) is 6.78. The summed E-state index contributed by atoms with van der Waals surface area (Å²) in [7, 11) is 0. The molecule has 1 heterocycles. The fraction of sp³-hybridized carbons (Fsp3) is 0.267. The number of ether oxygens (including phenoxy) is 1. The van der Waals surface area contributed by atoms with Crippen LogP contribution >= 0.6 is 23.2 Å². The van der Waals surface area contributed by atoms with Gasteiger partial charge in [0.25, 0.3) is 0 Å². The van der Waals surface area contributed by atoms with Crippen LogP contribution in [0.2, 0.25) is 5.02 Å². The molecule has 0 saturated heterocycles. The van der Waals surface area contributed by atoms with E-state index in [2.05, 4.69) is 11.9 Å². The third-order valence-electron chi connectivity index (χ3n) is 2.61. The molecule has 0 unspecified atom stereocenters. The van der Waals surface area contributed by atoms with Gasteiger partial charge in [0, 0.05) is 22.7 Å². The minimum Gasteiger partial charge on any atom is -0.439 e. The molecule has 1 aromatic carbocycles. The minimum atomic E-state index is 0.455. The first-order valence-corrected chi connectivity index (χ1v) is 7.11. The molecule has 0 atom stereocenters. The zero-order valence-electron chi connectivity index (χ0n) is 10.7. The molecule has 4 heteroatoms. The van der Waals surface area contributed by atoms with Gasteiger partial charge in [0.05, 0.1) is 0 Å². The molecule has 0 saturated carbocycles. The van der Waals surface area contributed by atoms with Crippen molar-refractivity contribution in [3.05, 3.63) is 52.7 Å². The van der Waals surface area contributed by atoms with Gasteiger partial charge in [0.15, 0.2) is 0 Å². The summed E-state index contributed by atoms with van der Waals surface area (Å²) in [5.74, 6) is 1.74. The molecule has 0 fully saturated rings. The van der Waals surface area contributed by atoms with Gasteiger partial charge in [0.2, 0.25) is 5.88 Å². The normalized spacial score (nSPS) is 10.5. The summed E-state index contributed by atoms with van der Waals surface area (Å²) < 4.78 is 5.73. The number of benzene rings is 1. The Morgan fingerprint density at radius 3 is 2.53 bits per heavy atom. The summed E-state index contributed by atoms with van der Waals surface area (Å²) in [6.45, 7) is 2.12. The van der Waals surface area contributed by atoms with Crippen molar-refractivity contribution in [2.75, 3.05) is 0 Å². The van der Waals surface area contributed by atoms with Crippen molar-refractivity contribution in [1.82, 2.24) is 4.98 Å². The van der Waals surface area contributed by atoms with Crippen molar-refractivity contribution in [1.29, 1.82) is 0 Å². The Morgan fingerprint density at radius 2 is 1.89 bits per heavy atom. The quantitative estimate of drug-likeness (QED) is 0.706. The highest BCUT2D eigenvalue weighted by molar-refractivity contribution is 6.30. The first-order valence-electron chi connectivity index (χ1n) is 6.20. The maximum absolute atomic E-state index is 5.89. The molecule has 2 aromatic rings. The summed E-state index contributed by atoms with van der Waals surface area (Å²) in [6.07, 6.45) is 1.96. The van der Waals surface area contributed by atoms with Crippen LogP contribution in [0.5, 0.6) is 11.6 Å². The summed E-state index contributed by atoms with van der Waals surface area (Å²) in [4.78, 5) is 4.47. The molecule has 1 aromatic heterocycles. The largest absolute Gasteiger partial charge is 0.439 e. The van der Waals surface area contributed by atoms with E-state index in [1.807, 2.05) is 24.3 Å². The topological polar surface area (TPSA) is 22.1 Å². The average Bonchev–Trinajstić information content (AvgIpc) is 2.41. The van der Waals surface area contributed by atoms with Gasteiger partial charge in [-0.2, -0.15) is 0 Å². The number of aromatic nitrogens is 1. The molecular formula is C15H15Cl2NO. The fourth-order valence-electron chi connectivity index (χ4n) is 1.76. The molecule has 0 bridgehead atoms. The standard InChI is InChI=1S/C15H15Cl2NO/c1-2-3-13-8-11(10-16)9-15(18-13)19-14-6-4-12(17)5-7-14/h4-9H,2-3,10H2,1H3. The van der Waals surface area contributed by atoms with Gasteiger partial charge in [0.1, 0.15) is 5.75 Å². The zero-order valence-corrected chi connectivity index (χ0v) is 12.2. The van der Waals surface area contributed by atoms with Crippen LogP contribution in [-0.4, -0.2) is 4.98 Å². The number of pyridine rings is 1. The molecule has 19 heavy (non-hydrogen) atoms. The van der Waals surface area contributed by atoms with E-state index < -0.39 is 0 Å². The lowest BCUT2D eigenvalue weighted by atomic mass is 10.2. The molecule has 0 aliphatic heterocycles. The van der Waals surface area contributed by atoms with Crippen LogP contribution in [0, 0.1) is 0 Å². The number of halogens is 2. The molecule has 0 spiro atoms. The summed E-state index contributed by atoms with van der Waals surface area (Å²) in [5, 5.41) is 0.682. The van der Waals surface area contributed by atoms with Crippen LogP contribution in [0.3, 0.4) is 0 Å². The smallest absolute Gasteiger partial charge is 0.219 e. The van der Waals surface area contributed by atoms with Gasteiger partial charge < -0.3 is 4.74 Å². The van der Waals surface area contributed by atoms with Crippen LogP contribution in [0.4, 0.5) is 0 Å². The average molecular weight is 296 g/mol. The fourth-order valence-corrected chi connectivity index (χ4v) is 2.04. The summed E-state index contributed by atoms with van der Waals surface area (Å²) in [5.41, 5.74) is 2.02. The highest BCUT2D eigenvalue weighted by Crippen LogP contribution is 2.23. The number of alkyl halides is 1. The zero-order chi connectivity index (χ0) is 13.7. The molecular weight excluding hydrogens is 281 g/mol. The SMILES string of the molecule is CCCc1cc(CCl)cc(Oc2ccc(Cl)cc2)n1. The molecule has 0 aliphatic carbocycles. The number of nitrogens with zero attached hydrogens (tertiary/aromatic N) is 1. The number of hydrogen-bond donors (Lipinski definition) is 0. The Balaban J connectivity index is 2.23. The van der Waals surface area contributed by atoms with Crippen molar-refractivity contribution in [2.24, 2.45) is 0 Å². The lowest BCUT2D eigenvalue weighted by Gasteiger charge is -2.08. The van der Waals surface area contributed by atoms with Crippen LogP contribution in [0.25, 0.3) is 0 Å². The van der Waals surface area contributed by atoms with Gasteiger partial charge in [-0.25, -0.2) is 4.98 Å². The van der Waals surface area contributed by atoms with Crippen LogP contribution < -0.4 is 4.74 Å². The van der Waals surface area contributed by atoms with Crippen molar-refractivity contribution in [3.8, 4) is 11.6 Å². The Hall–Kier alpha value is -1.25. The monoisotopic (exact) mass is 295 g/mol. The van der Waals surface area contributed by atoms with Crippen LogP contribution in [0.1, 0.15) is 24.6 Å². The molecule has 100 valence electrons. The van der Waals surface area contributed by atoms with E-state index in [4.69, 9.17) is 27.9 Å². The third kappa shape index (κ3) is 4.12. The van der Waals surface area contributed by atoms with E-state index in [1.165, 1.54) is 0 Å². The van der Waals surface area contributed by atoms with E-state index in [0.29, 0.717) is 22.5 Å². The third-order valence-corrected chi connectivity index (χ3v) is 3.17. The van der Waals surface area contributed by atoms with Gasteiger partial charge >= 0.3 is 0 Å². The predicted octanol–water partition coefficient (Wildman–Crippen LogP) is 5.22. The van der Waals surface area contributed by atoms with Crippen LogP contribution in [-0.2, 0) is 12.3 Å². The minimum absolute atomic E-state index is 0.455. The highest BCUT2D eigenvalue weighted by atomic mass is 35.5. The lowest BCUT2D eigenvalue weighted by Crippen LogP contribution is -1.96. The van der Waals surface area contributed by atoms with Gasteiger partial charge in [-0.1, -0.05) is 24.9 Å². The van der Waals surface area contributed by atoms with Crippen molar-refractivity contribution >= 4 is 23.2 Å². The molecule has 0 N–H and O–H groups in total. The van der Waals surface area contributed by atoms with E-state index in [-0.39, 0.29) is 0 Å². The van der Waals surface area contributed by atoms with Gasteiger partial charge in [-0.15, -0.1) is 11.6 Å². The second-order valence-electron chi connectivity index (χ2n) is 4.24. The Bertz CT molecular complexity index is 540. The number of rotatable bonds is 5. The maximum Gasteiger partial charge on any atom is 0.219 e. The maximum atomic E-state index is 5.89. The molecule has 0 aliphatic rings. The Morgan fingerprint density at radius 1 is 1.16 bits per heavy atom. The van der Waals surface area contributed by atoms with Crippen molar-refractivity contribution < 1.29 is 4.74 Å². The number of aryl methyl sites for hydroxylation is 1. The van der Waals surface area contributed by atoms with Gasteiger partial charge in [-0.3, -0.25) is 0 Å². The Kier molecular flexibility index (Phi) is 5.06. The molecule has 0 amide bonds. The lowest BCUT2D eigenvalue weighted by molar-refractivity contribution is 0.460. The summed E-state index contributed by atoms with van der Waals surface area (Å²) in [6, 6.07) is 11.1. The van der Waals surface area contributed by atoms with Crippen molar-refractivity contribution in [2.45, 2.75) is 25.6 Å². The van der Waals surface area contributed by atoms with E-state index in [9.17, 15) is 0 Å². The Labute approximate surface area is 123 Å². The van der Waals surface area contributed by atoms with Gasteiger partial charge in [-0.05, 0) is 42.3 Å². The van der Waals surface area contributed by atoms with E-state index in [0.717, 1.165) is 24.1 Å². The van der Waals surface area contributed by atoms with Crippen LogP contribution in [0.15, 0.2) is 36.4 Å². The highest BCUT2D eigenvalue weighted by Gasteiger charge is 2.04. The second-order valence-corrected chi connectivity index (χ2v) is 4.95. The predicted molar refractivity (Wildman–Crippen MR) is 79.3 cm³/mol. The molecule has 2 rings (SSSR count). The first-order chi connectivity index (χ1) is 9.21. The molecule has 0 radical (unpaired) electrons. The number of hydrogen-bond acceptors (Lipinski definition) is 2. The first kappa shape index (κ1) is 14.2.